The van der Waals surface area contributed by atoms with Crippen molar-refractivity contribution in [1.82, 2.24) is 4.90 Å². The SMILES string of the molecule is COc1cc(C2(F)CCN(C(=O)OC(C)(C)C)CC2)ccc1C(O)CC#N. The molecule has 1 heterocycles. The second kappa shape index (κ2) is 8.13. The van der Waals surface area contributed by atoms with Gasteiger partial charge in [0.25, 0.3) is 0 Å². The number of likely N-dealkylation sites (tertiary alicyclic amines) is 1. The topological polar surface area (TPSA) is 82.8 Å². The number of alkyl halides is 1. The molecule has 1 fully saturated rings. The zero-order valence-corrected chi connectivity index (χ0v) is 16.3. The van der Waals surface area contributed by atoms with Crippen LogP contribution in [0.2, 0.25) is 0 Å². The van der Waals surface area contributed by atoms with Crippen LogP contribution in [0.4, 0.5) is 9.18 Å². The Morgan fingerprint density at radius 3 is 2.56 bits per heavy atom. The first-order valence-electron chi connectivity index (χ1n) is 9.00. The smallest absolute Gasteiger partial charge is 0.410 e. The molecule has 0 aromatic heterocycles. The van der Waals surface area contributed by atoms with Crippen molar-refractivity contribution in [3.63, 3.8) is 0 Å². The standard InChI is InChI=1S/C20H27FN2O4/c1-19(2,3)27-18(25)23-11-8-20(21,9-12-23)14-5-6-15(16(24)7-10-22)17(13-14)26-4/h5-6,13,16,24H,7-9,11-12H2,1-4H3. The van der Waals surface area contributed by atoms with Crippen molar-refractivity contribution < 1.29 is 23.8 Å². The summed E-state index contributed by atoms with van der Waals surface area (Å²) in [5.41, 5.74) is -1.28. The monoisotopic (exact) mass is 378 g/mol. The molecule has 1 aromatic rings. The molecule has 0 saturated carbocycles. The number of methoxy groups -OCH3 is 1. The van der Waals surface area contributed by atoms with Gasteiger partial charge in [0.15, 0.2) is 0 Å². The van der Waals surface area contributed by atoms with Crippen molar-refractivity contribution in [3.05, 3.63) is 29.3 Å². The maximum atomic E-state index is 15.5. The van der Waals surface area contributed by atoms with Gasteiger partial charge in [-0.05, 0) is 32.4 Å². The third-order valence-corrected chi connectivity index (χ3v) is 4.60. The van der Waals surface area contributed by atoms with Crippen LogP contribution in [-0.2, 0) is 10.4 Å². The van der Waals surface area contributed by atoms with Gasteiger partial charge in [-0.1, -0.05) is 12.1 Å². The number of amides is 1. The van der Waals surface area contributed by atoms with Crippen LogP contribution in [0.1, 0.15) is 57.3 Å². The lowest BCUT2D eigenvalue weighted by Gasteiger charge is -2.37. The first kappa shape index (κ1) is 21.0. The number of rotatable bonds is 4. The van der Waals surface area contributed by atoms with E-state index in [0.717, 1.165) is 0 Å². The molecule has 1 N–H and O–H groups in total. The largest absolute Gasteiger partial charge is 0.496 e. The van der Waals surface area contributed by atoms with E-state index in [1.54, 1.807) is 39.0 Å². The van der Waals surface area contributed by atoms with Crippen molar-refractivity contribution in [1.29, 1.82) is 5.26 Å². The molecule has 1 aliphatic rings. The Bertz CT molecular complexity index is 716. The van der Waals surface area contributed by atoms with Crippen LogP contribution < -0.4 is 4.74 Å². The highest BCUT2D eigenvalue weighted by Crippen LogP contribution is 2.40. The zero-order valence-electron chi connectivity index (χ0n) is 16.3. The van der Waals surface area contributed by atoms with E-state index in [2.05, 4.69) is 0 Å². The predicted molar refractivity (Wildman–Crippen MR) is 98.0 cm³/mol. The van der Waals surface area contributed by atoms with Gasteiger partial charge < -0.3 is 19.5 Å². The predicted octanol–water partition coefficient (Wildman–Crippen LogP) is 3.84. The van der Waals surface area contributed by atoms with Gasteiger partial charge >= 0.3 is 6.09 Å². The molecule has 0 spiro atoms. The molecule has 2 rings (SSSR count). The molecule has 6 nitrogen and oxygen atoms in total. The molecule has 0 radical (unpaired) electrons. The number of aliphatic hydroxyl groups excluding tert-OH is 1. The number of nitrogens with zero attached hydrogens (tertiary/aromatic N) is 2. The van der Waals surface area contributed by atoms with E-state index in [4.69, 9.17) is 14.7 Å². The van der Waals surface area contributed by atoms with E-state index < -0.39 is 23.5 Å². The number of aliphatic hydroxyl groups is 1. The number of carbonyl (C=O) groups is 1. The minimum atomic E-state index is -1.59. The molecular formula is C20H27FN2O4. The van der Waals surface area contributed by atoms with E-state index in [1.165, 1.54) is 12.0 Å². The number of hydrogen-bond acceptors (Lipinski definition) is 5. The molecular weight excluding hydrogens is 351 g/mol. The Balaban J connectivity index is 2.13. The lowest BCUT2D eigenvalue weighted by Crippen LogP contribution is -2.45. The van der Waals surface area contributed by atoms with E-state index in [-0.39, 0.29) is 32.4 Å². The third-order valence-electron chi connectivity index (χ3n) is 4.60. The molecule has 148 valence electrons. The van der Waals surface area contributed by atoms with Crippen molar-refractivity contribution in [2.45, 2.75) is 57.4 Å². The molecule has 1 atom stereocenters. The highest BCUT2D eigenvalue weighted by molar-refractivity contribution is 5.68. The lowest BCUT2D eigenvalue weighted by atomic mass is 9.85. The molecule has 1 amide bonds. The van der Waals surface area contributed by atoms with Crippen LogP contribution in [-0.4, -0.2) is 41.9 Å². The molecule has 7 heteroatoms. The summed E-state index contributed by atoms with van der Waals surface area (Å²) >= 11 is 0. The summed E-state index contributed by atoms with van der Waals surface area (Å²) in [5, 5.41) is 18.8. The normalized spacial score (nSPS) is 17.7. The number of nitriles is 1. The van der Waals surface area contributed by atoms with Crippen molar-refractivity contribution >= 4 is 6.09 Å². The van der Waals surface area contributed by atoms with E-state index >= 15 is 4.39 Å². The minimum Gasteiger partial charge on any atom is -0.496 e. The Kier molecular flexibility index (Phi) is 6.32. The van der Waals surface area contributed by atoms with Gasteiger partial charge in [0, 0.05) is 31.5 Å². The van der Waals surface area contributed by atoms with Gasteiger partial charge in [0.2, 0.25) is 0 Å². The number of carbonyl (C=O) groups excluding carboxylic acids is 1. The number of hydrogen-bond donors (Lipinski definition) is 1. The van der Waals surface area contributed by atoms with Crippen LogP contribution in [0.3, 0.4) is 0 Å². The highest BCUT2D eigenvalue weighted by atomic mass is 19.1. The summed E-state index contributed by atoms with van der Waals surface area (Å²) < 4.78 is 26.2. The summed E-state index contributed by atoms with van der Waals surface area (Å²) in [5.74, 6) is 0.349. The average Bonchev–Trinajstić information content (AvgIpc) is 2.60. The molecule has 1 aromatic carbocycles. The Morgan fingerprint density at radius 1 is 1.41 bits per heavy atom. The Hall–Kier alpha value is -2.33. The fraction of sp³-hybridized carbons (Fsp3) is 0.600. The molecule has 1 unspecified atom stereocenters. The van der Waals surface area contributed by atoms with Crippen LogP contribution in [0, 0.1) is 11.3 Å². The van der Waals surface area contributed by atoms with Gasteiger partial charge in [-0.3, -0.25) is 0 Å². The van der Waals surface area contributed by atoms with E-state index in [1.807, 2.05) is 6.07 Å². The summed E-state index contributed by atoms with van der Waals surface area (Å²) in [4.78, 5) is 13.7. The van der Waals surface area contributed by atoms with E-state index in [9.17, 15) is 9.90 Å². The number of piperidine rings is 1. The summed E-state index contributed by atoms with van der Waals surface area (Å²) in [7, 11) is 1.44. The molecule has 1 aliphatic heterocycles. The maximum Gasteiger partial charge on any atom is 0.410 e. The zero-order chi connectivity index (χ0) is 20.2. The first-order valence-corrected chi connectivity index (χ1v) is 9.00. The lowest BCUT2D eigenvalue weighted by molar-refractivity contribution is 0.00213. The van der Waals surface area contributed by atoms with Crippen LogP contribution in [0.5, 0.6) is 5.75 Å². The second-order valence-corrected chi connectivity index (χ2v) is 7.77. The first-order chi connectivity index (χ1) is 12.6. The minimum absolute atomic E-state index is 0.0681. The van der Waals surface area contributed by atoms with Crippen molar-refractivity contribution in [3.8, 4) is 11.8 Å². The Labute approximate surface area is 159 Å². The average molecular weight is 378 g/mol. The van der Waals surface area contributed by atoms with Gasteiger partial charge in [0.05, 0.1) is 25.7 Å². The van der Waals surface area contributed by atoms with Gasteiger partial charge in [-0.2, -0.15) is 5.26 Å². The quantitative estimate of drug-likeness (QED) is 0.861. The fourth-order valence-corrected chi connectivity index (χ4v) is 3.12. The summed E-state index contributed by atoms with van der Waals surface area (Å²) in [6.07, 6.45) is -1.19. The van der Waals surface area contributed by atoms with Crippen molar-refractivity contribution in [2.75, 3.05) is 20.2 Å². The van der Waals surface area contributed by atoms with Gasteiger partial charge in [-0.15, -0.1) is 0 Å². The Morgan fingerprint density at radius 2 is 2.04 bits per heavy atom. The van der Waals surface area contributed by atoms with Gasteiger partial charge in [0.1, 0.15) is 17.0 Å². The molecule has 0 aliphatic carbocycles. The van der Waals surface area contributed by atoms with Crippen LogP contribution in [0.25, 0.3) is 0 Å². The van der Waals surface area contributed by atoms with Crippen molar-refractivity contribution in [2.24, 2.45) is 0 Å². The second-order valence-electron chi connectivity index (χ2n) is 7.77. The number of ether oxygens (including phenoxy) is 2. The number of halogens is 1. The van der Waals surface area contributed by atoms with E-state index in [0.29, 0.717) is 16.9 Å². The van der Waals surface area contributed by atoms with Gasteiger partial charge in [-0.25, -0.2) is 9.18 Å². The molecule has 0 bridgehead atoms. The third kappa shape index (κ3) is 5.10. The number of benzene rings is 1. The molecule has 1 saturated heterocycles. The molecule has 27 heavy (non-hydrogen) atoms. The highest BCUT2D eigenvalue weighted by Gasteiger charge is 2.39. The summed E-state index contributed by atoms with van der Waals surface area (Å²) in [6, 6.07) is 6.68. The maximum absolute atomic E-state index is 15.5. The fourth-order valence-electron chi connectivity index (χ4n) is 3.12. The van der Waals surface area contributed by atoms with Crippen LogP contribution in [0.15, 0.2) is 18.2 Å². The van der Waals surface area contributed by atoms with Crippen LogP contribution >= 0.6 is 0 Å². The summed E-state index contributed by atoms with van der Waals surface area (Å²) in [6.45, 7) is 5.90.